The molecule has 2 fully saturated rings. The van der Waals surface area contributed by atoms with Crippen LogP contribution in [0.1, 0.15) is 22.3 Å². The predicted molar refractivity (Wildman–Crippen MR) is 72.4 cm³/mol. The number of piperazine rings is 1. The van der Waals surface area contributed by atoms with Gasteiger partial charge in [0.05, 0.1) is 0 Å². The van der Waals surface area contributed by atoms with Crippen molar-refractivity contribution in [3.63, 3.8) is 0 Å². The molecule has 0 radical (unpaired) electrons. The summed E-state index contributed by atoms with van der Waals surface area (Å²) in [5, 5.41) is 4.48. The second kappa shape index (κ2) is 4.41. The lowest BCUT2D eigenvalue weighted by atomic mass is 10.1. The minimum absolute atomic E-state index is 0.0350. The fraction of sp³-hybridized carbons (Fsp3) is 0.462. The zero-order chi connectivity index (χ0) is 12.9. The number of nitrogens with one attached hydrogen (secondary N) is 1. The maximum absolute atomic E-state index is 12.4. The van der Waals surface area contributed by atoms with E-state index < -0.39 is 0 Å². The highest BCUT2D eigenvalue weighted by atomic mass is 35.5. The molecule has 2 aliphatic heterocycles. The first-order valence-corrected chi connectivity index (χ1v) is 6.82. The Bertz CT molecular complexity index is 495. The topological polar surface area (TPSA) is 32.3 Å². The fourth-order valence-electron chi connectivity index (χ4n) is 2.74. The van der Waals surface area contributed by atoms with Gasteiger partial charge in [-0.25, -0.2) is 0 Å². The third-order valence-electron chi connectivity index (χ3n) is 3.85. The smallest absolute Gasteiger partial charge is 0.254 e. The highest BCUT2D eigenvalue weighted by molar-refractivity contribution is 6.36. The van der Waals surface area contributed by atoms with E-state index in [0.29, 0.717) is 27.7 Å². The molecule has 0 aliphatic carbocycles. The van der Waals surface area contributed by atoms with E-state index in [1.807, 2.05) is 11.8 Å². The lowest BCUT2D eigenvalue weighted by Crippen LogP contribution is -2.46. The number of halogens is 2. The zero-order valence-electron chi connectivity index (χ0n) is 10.0. The minimum Gasteiger partial charge on any atom is -0.333 e. The number of hydrogen-bond donors (Lipinski definition) is 1. The van der Waals surface area contributed by atoms with Gasteiger partial charge in [0.25, 0.3) is 5.91 Å². The van der Waals surface area contributed by atoms with Gasteiger partial charge in [-0.05, 0) is 31.0 Å². The van der Waals surface area contributed by atoms with Gasteiger partial charge in [-0.1, -0.05) is 23.2 Å². The SMILES string of the molecule is Cc1c(Cl)cc(C(=O)N2C[C@@H]3C[C@H]2CN3)cc1Cl. The predicted octanol–water partition coefficient (Wildman–Crippen LogP) is 2.49. The molecule has 5 heteroatoms. The van der Waals surface area contributed by atoms with E-state index >= 15 is 0 Å². The maximum Gasteiger partial charge on any atom is 0.254 e. The molecule has 2 atom stereocenters. The number of benzene rings is 1. The molecule has 1 N–H and O–H groups in total. The number of rotatable bonds is 1. The van der Waals surface area contributed by atoms with Crippen LogP contribution in [-0.4, -0.2) is 36.0 Å². The Labute approximate surface area is 116 Å². The Balaban J connectivity index is 1.89. The molecule has 1 aromatic rings. The van der Waals surface area contributed by atoms with Crippen LogP contribution in [0.15, 0.2) is 12.1 Å². The fourth-order valence-corrected chi connectivity index (χ4v) is 3.23. The molecule has 0 aromatic heterocycles. The summed E-state index contributed by atoms with van der Waals surface area (Å²) >= 11 is 12.2. The molecule has 3 nitrogen and oxygen atoms in total. The average Bonchev–Trinajstić information content (AvgIpc) is 2.96. The molecule has 3 rings (SSSR count). The molecule has 96 valence electrons. The van der Waals surface area contributed by atoms with E-state index in [1.54, 1.807) is 12.1 Å². The van der Waals surface area contributed by atoms with Gasteiger partial charge in [-0.15, -0.1) is 0 Å². The molecule has 0 saturated carbocycles. The van der Waals surface area contributed by atoms with Gasteiger partial charge in [-0.2, -0.15) is 0 Å². The first-order valence-electron chi connectivity index (χ1n) is 6.06. The van der Waals surface area contributed by atoms with E-state index in [9.17, 15) is 4.79 Å². The van der Waals surface area contributed by atoms with Crippen LogP contribution in [0.2, 0.25) is 10.0 Å². The summed E-state index contributed by atoms with van der Waals surface area (Å²) in [5.74, 6) is 0.0350. The summed E-state index contributed by atoms with van der Waals surface area (Å²) in [5.41, 5.74) is 1.41. The molecule has 2 saturated heterocycles. The van der Waals surface area contributed by atoms with Crippen molar-refractivity contribution in [2.45, 2.75) is 25.4 Å². The zero-order valence-corrected chi connectivity index (χ0v) is 11.6. The number of nitrogens with zero attached hydrogens (tertiary/aromatic N) is 1. The van der Waals surface area contributed by atoms with Gasteiger partial charge < -0.3 is 10.2 Å². The van der Waals surface area contributed by atoms with Crippen molar-refractivity contribution < 1.29 is 4.79 Å². The molecule has 2 bridgehead atoms. The lowest BCUT2D eigenvalue weighted by Gasteiger charge is -2.27. The van der Waals surface area contributed by atoms with Gasteiger partial charge in [0.1, 0.15) is 0 Å². The summed E-state index contributed by atoms with van der Waals surface area (Å²) in [7, 11) is 0. The van der Waals surface area contributed by atoms with Crippen molar-refractivity contribution in [2.75, 3.05) is 13.1 Å². The average molecular weight is 285 g/mol. The van der Waals surface area contributed by atoms with Crippen molar-refractivity contribution >= 4 is 29.1 Å². The van der Waals surface area contributed by atoms with Crippen molar-refractivity contribution in [3.8, 4) is 0 Å². The minimum atomic E-state index is 0.0350. The first-order chi connectivity index (χ1) is 8.56. The number of carbonyl (C=O) groups excluding carboxylic acids is 1. The molecular formula is C13H14Cl2N2O. The monoisotopic (exact) mass is 284 g/mol. The van der Waals surface area contributed by atoms with Crippen LogP contribution in [-0.2, 0) is 0 Å². The molecule has 0 spiro atoms. The van der Waals surface area contributed by atoms with Crippen LogP contribution in [0.5, 0.6) is 0 Å². The Morgan fingerprint density at radius 2 is 2.06 bits per heavy atom. The molecule has 1 amide bonds. The molecule has 2 aliphatic rings. The summed E-state index contributed by atoms with van der Waals surface area (Å²) < 4.78 is 0. The van der Waals surface area contributed by atoms with E-state index in [2.05, 4.69) is 5.32 Å². The van der Waals surface area contributed by atoms with Crippen LogP contribution in [0.3, 0.4) is 0 Å². The Kier molecular flexibility index (Phi) is 3.00. The van der Waals surface area contributed by atoms with Crippen LogP contribution < -0.4 is 5.32 Å². The van der Waals surface area contributed by atoms with Gasteiger partial charge >= 0.3 is 0 Å². The van der Waals surface area contributed by atoms with Gasteiger partial charge in [0.15, 0.2) is 0 Å². The van der Waals surface area contributed by atoms with Crippen LogP contribution >= 0.6 is 23.2 Å². The number of carbonyl (C=O) groups is 1. The summed E-state index contributed by atoms with van der Waals surface area (Å²) in [6.45, 7) is 3.52. The third kappa shape index (κ3) is 1.91. The van der Waals surface area contributed by atoms with E-state index in [1.165, 1.54) is 0 Å². The van der Waals surface area contributed by atoms with Crippen LogP contribution in [0.25, 0.3) is 0 Å². The highest BCUT2D eigenvalue weighted by Gasteiger charge is 2.40. The Morgan fingerprint density at radius 1 is 1.39 bits per heavy atom. The normalized spacial score (nSPS) is 25.8. The van der Waals surface area contributed by atoms with Crippen molar-refractivity contribution in [1.82, 2.24) is 10.2 Å². The standard InChI is InChI=1S/C13H14Cl2N2O/c1-7-11(14)2-8(3-12(7)15)13(18)17-6-9-4-10(17)5-16-9/h2-3,9-10,16H,4-6H2,1H3/t9-,10-/m0/s1. The lowest BCUT2D eigenvalue weighted by molar-refractivity contribution is 0.0716. The molecule has 0 unspecified atom stereocenters. The van der Waals surface area contributed by atoms with Gasteiger partial charge in [0.2, 0.25) is 0 Å². The van der Waals surface area contributed by atoms with E-state index in [4.69, 9.17) is 23.2 Å². The first kappa shape index (κ1) is 12.3. The molecule has 2 heterocycles. The summed E-state index contributed by atoms with van der Waals surface area (Å²) in [6.07, 6.45) is 1.05. The van der Waals surface area contributed by atoms with Crippen molar-refractivity contribution in [3.05, 3.63) is 33.3 Å². The molecule has 1 aromatic carbocycles. The van der Waals surface area contributed by atoms with Gasteiger partial charge in [-0.3, -0.25) is 4.79 Å². The van der Waals surface area contributed by atoms with Crippen LogP contribution in [0, 0.1) is 6.92 Å². The second-order valence-electron chi connectivity index (χ2n) is 5.02. The highest BCUT2D eigenvalue weighted by Crippen LogP contribution is 2.29. The molecule has 18 heavy (non-hydrogen) atoms. The van der Waals surface area contributed by atoms with Gasteiger partial charge in [0, 0.05) is 40.8 Å². The quantitative estimate of drug-likeness (QED) is 0.859. The largest absolute Gasteiger partial charge is 0.333 e. The van der Waals surface area contributed by atoms with Crippen molar-refractivity contribution in [2.24, 2.45) is 0 Å². The van der Waals surface area contributed by atoms with Crippen LogP contribution in [0.4, 0.5) is 0 Å². The summed E-state index contributed by atoms with van der Waals surface area (Å²) in [4.78, 5) is 14.4. The maximum atomic E-state index is 12.4. The number of hydrogen-bond acceptors (Lipinski definition) is 2. The number of fused-ring (bicyclic) bond motifs is 2. The van der Waals surface area contributed by atoms with E-state index in [-0.39, 0.29) is 5.91 Å². The second-order valence-corrected chi connectivity index (χ2v) is 5.83. The summed E-state index contributed by atoms with van der Waals surface area (Å²) in [6, 6.07) is 4.20. The van der Waals surface area contributed by atoms with E-state index in [0.717, 1.165) is 25.1 Å². The molecular weight excluding hydrogens is 271 g/mol. The van der Waals surface area contributed by atoms with Crippen molar-refractivity contribution in [1.29, 1.82) is 0 Å². The number of amides is 1. The number of likely N-dealkylation sites (tertiary alicyclic amines) is 1. The third-order valence-corrected chi connectivity index (χ3v) is 4.63. The Hall–Kier alpha value is -0.770. The Morgan fingerprint density at radius 3 is 2.56 bits per heavy atom.